The fraction of sp³-hybridized carbons (Fsp3) is 0.917. The van der Waals surface area contributed by atoms with Gasteiger partial charge in [-0.15, -0.1) is 0 Å². The minimum absolute atomic E-state index is 0.136. The molecule has 1 N–H and O–H groups in total. The molecule has 0 radical (unpaired) electrons. The molecule has 2 rings (SSSR count). The highest BCUT2D eigenvalue weighted by molar-refractivity contribution is 7.91. The van der Waals surface area contributed by atoms with E-state index in [0.29, 0.717) is 12.5 Å². The molecule has 3 unspecified atom stereocenters. The van der Waals surface area contributed by atoms with E-state index in [2.05, 4.69) is 4.90 Å². The van der Waals surface area contributed by atoms with Gasteiger partial charge in [0.15, 0.2) is 0 Å². The van der Waals surface area contributed by atoms with Crippen molar-refractivity contribution in [2.24, 2.45) is 5.92 Å². The van der Waals surface area contributed by atoms with Gasteiger partial charge in [-0.25, -0.2) is 8.42 Å². The zero-order valence-electron chi connectivity index (χ0n) is 10.7. The lowest BCUT2D eigenvalue weighted by Gasteiger charge is -2.22. The molecule has 3 atom stereocenters. The number of fused-ring (bicyclic) bond motifs is 2. The molecule has 2 aliphatic heterocycles. The summed E-state index contributed by atoms with van der Waals surface area (Å²) in [6.07, 6.45) is 3.37. The van der Waals surface area contributed by atoms with Gasteiger partial charge >= 0.3 is 5.97 Å². The number of rotatable bonds is 6. The van der Waals surface area contributed by atoms with E-state index < -0.39 is 15.8 Å². The van der Waals surface area contributed by atoms with E-state index in [1.807, 2.05) is 0 Å². The van der Waals surface area contributed by atoms with Gasteiger partial charge in [-0.1, -0.05) is 6.92 Å². The van der Waals surface area contributed by atoms with Crippen molar-refractivity contribution in [2.45, 2.75) is 44.7 Å². The molecule has 104 valence electrons. The Kier molecular flexibility index (Phi) is 3.96. The Hall–Kier alpha value is -0.620. The molecule has 0 aromatic carbocycles. The van der Waals surface area contributed by atoms with Crippen molar-refractivity contribution in [3.63, 3.8) is 0 Å². The molecule has 18 heavy (non-hydrogen) atoms. The first kappa shape index (κ1) is 13.8. The minimum Gasteiger partial charge on any atom is -0.481 e. The topological polar surface area (TPSA) is 74.7 Å². The van der Waals surface area contributed by atoms with Gasteiger partial charge in [0.05, 0.1) is 11.7 Å². The fourth-order valence-electron chi connectivity index (χ4n) is 3.33. The molecule has 2 saturated heterocycles. The number of carbonyl (C=O) groups is 1. The van der Waals surface area contributed by atoms with E-state index in [0.717, 1.165) is 25.8 Å². The summed E-state index contributed by atoms with van der Waals surface area (Å²) in [5.74, 6) is -0.533. The molecule has 5 nitrogen and oxygen atoms in total. The first-order chi connectivity index (χ1) is 8.44. The average molecular weight is 275 g/mol. The van der Waals surface area contributed by atoms with Gasteiger partial charge in [0.1, 0.15) is 9.84 Å². The van der Waals surface area contributed by atoms with Crippen LogP contribution in [0.5, 0.6) is 0 Å². The Bertz CT molecular complexity index is 420. The molecular weight excluding hydrogens is 254 g/mol. The molecular formula is C12H21NO4S. The van der Waals surface area contributed by atoms with Crippen LogP contribution in [0.4, 0.5) is 0 Å². The maximum atomic E-state index is 11.4. The first-order valence-electron chi connectivity index (χ1n) is 6.63. The Morgan fingerprint density at radius 2 is 2.11 bits per heavy atom. The molecule has 0 aromatic rings. The Morgan fingerprint density at radius 3 is 2.67 bits per heavy atom. The molecule has 2 bridgehead atoms. The summed E-state index contributed by atoms with van der Waals surface area (Å²) in [4.78, 5) is 13.3. The van der Waals surface area contributed by atoms with Gasteiger partial charge in [0, 0.05) is 17.8 Å². The Morgan fingerprint density at radius 1 is 1.39 bits per heavy atom. The highest BCUT2D eigenvalue weighted by Crippen LogP contribution is 2.41. The maximum Gasteiger partial charge on any atom is 0.308 e. The zero-order chi connectivity index (χ0) is 13.3. The van der Waals surface area contributed by atoms with Gasteiger partial charge in [-0.3, -0.25) is 9.69 Å². The van der Waals surface area contributed by atoms with Crippen molar-refractivity contribution < 1.29 is 18.3 Å². The monoisotopic (exact) mass is 275 g/mol. The van der Waals surface area contributed by atoms with Crippen LogP contribution >= 0.6 is 0 Å². The summed E-state index contributed by atoms with van der Waals surface area (Å²) in [5, 5.41) is 9.12. The normalized spacial score (nSPS) is 31.9. The number of carboxylic acid groups (broad SMARTS) is 1. The van der Waals surface area contributed by atoms with Gasteiger partial charge in [-0.2, -0.15) is 0 Å². The van der Waals surface area contributed by atoms with E-state index in [4.69, 9.17) is 5.11 Å². The van der Waals surface area contributed by atoms with E-state index in [1.165, 1.54) is 0 Å². The molecule has 2 fully saturated rings. The van der Waals surface area contributed by atoms with Crippen LogP contribution in [0.25, 0.3) is 0 Å². The molecule has 0 spiro atoms. The SMILES string of the molecule is CCS(=O)(=O)CCCN1C2CCC1C(C(=O)O)C2. The molecule has 6 heteroatoms. The number of hydrogen-bond donors (Lipinski definition) is 1. The van der Waals surface area contributed by atoms with Crippen molar-refractivity contribution in [3.05, 3.63) is 0 Å². The van der Waals surface area contributed by atoms with Gasteiger partial charge in [0.25, 0.3) is 0 Å². The van der Waals surface area contributed by atoms with Crippen LogP contribution < -0.4 is 0 Å². The average Bonchev–Trinajstić information content (AvgIpc) is 2.86. The second-order valence-electron chi connectivity index (χ2n) is 5.31. The maximum absolute atomic E-state index is 11.4. The predicted molar refractivity (Wildman–Crippen MR) is 68.2 cm³/mol. The standard InChI is InChI=1S/C12H21NO4S/c1-2-18(16,17)7-3-6-13-9-4-5-11(13)10(8-9)12(14)15/h9-11H,2-8H2,1H3,(H,14,15). The largest absolute Gasteiger partial charge is 0.481 e. The smallest absolute Gasteiger partial charge is 0.308 e. The molecule has 0 amide bonds. The lowest BCUT2D eigenvalue weighted by Crippen LogP contribution is -2.34. The highest BCUT2D eigenvalue weighted by Gasteiger charge is 2.48. The summed E-state index contributed by atoms with van der Waals surface area (Å²) < 4.78 is 22.8. The third-order valence-corrected chi connectivity index (χ3v) is 6.10. The van der Waals surface area contributed by atoms with Crippen LogP contribution in [0.1, 0.15) is 32.6 Å². The predicted octanol–water partition coefficient (Wildman–Crippen LogP) is 0.749. The van der Waals surface area contributed by atoms with Crippen LogP contribution in [0.2, 0.25) is 0 Å². The van der Waals surface area contributed by atoms with Crippen LogP contribution in [0.15, 0.2) is 0 Å². The summed E-state index contributed by atoms with van der Waals surface area (Å²) in [6, 6.07) is 0.497. The first-order valence-corrected chi connectivity index (χ1v) is 8.45. The van der Waals surface area contributed by atoms with E-state index >= 15 is 0 Å². The van der Waals surface area contributed by atoms with Crippen LogP contribution in [-0.4, -0.2) is 54.5 Å². The Balaban J connectivity index is 1.86. The number of carboxylic acids is 1. The second kappa shape index (κ2) is 5.17. The summed E-state index contributed by atoms with van der Waals surface area (Å²) in [6.45, 7) is 2.38. The molecule has 0 aromatic heterocycles. The van der Waals surface area contributed by atoms with E-state index in [-0.39, 0.29) is 23.5 Å². The highest BCUT2D eigenvalue weighted by atomic mass is 32.2. The number of nitrogens with zero attached hydrogens (tertiary/aromatic N) is 1. The van der Waals surface area contributed by atoms with Crippen molar-refractivity contribution in [3.8, 4) is 0 Å². The third-order valence-electron chi connectivity index (χ3n) is 4.31. The summed E-state index contributed by atoms with van der Waals surface area (Å²) in [7, 11) is -2.90. The second-order valence-corrected chi connectivity index (χ2v) is 7.78. The zero-order valence-corrected chi connectivity index (χ0v) is 11.5. The van der Waals surface area contributed by atoms with Crippen molar-refractivity contribution in [1.82, 2.24) is 4.90 Å². The molecule has 0 aliphatic carbocycles. The lowest BCUT2D eigenvalue weighted by molar-refractivity contribution is -0.142. The minimum atomic E-state index is -2.90. The Labute approximate surface area is 108 Å². The van der Waals surface area contributed by atoms with E-state index in [1.54, 1.807) is 6.92 Å². The van der Waals surface area contributed by atoms with Gasteiger partial charge in [0.2, 0.25) is 0 Å². The van der Waals surface area contributed by atoms with Crippen LogP contribution in [0.3, 0.4) is 0 Å². The van der Waals surface area contributed by atoms with Crippen molar-refractivity contribution in [1.29, 1.82) is 0 Å². The summed E-state index contributed by atoms with van der Waals surface area (Å²) >= 11 is 0. The number of hydrogen-bond acceptors (Lipinski definition) is 4. The third kappa shape index (κ3) is 2.69. The van der Waals surface area contributed by atoms with Gasteiger partial charge < -0.3 is 5.11 Å². The number of aliphatic carboxylic acids is 1. The number of sulfone groups is 1. The quantitative estimate of drug-likeness (QED) is 0.774. The van der Waals surface area contributed by atoms with E-state index in [9.17, 15) is 13.2 Å². The van der Waals surface area contributed by atoms with Crippen molar-refractivity contribution in [2.75, 3.05) is 18.1 Å². The molecule has 2 aliphatic rings. The van der Waals surface area contributed by atoms with Crippen LogP contribution in [-0.2, 0) is 14.6 Å². The van der Waals surface area contributed by atoms with Crippen molar-refractivity contribution >= 4 is 15.8 Å². The lowest BCUT2D eigenvalue weighted by atomic mass is 9.89. The molecule has 0 saturated carbocycles. The summed E-state index contributed by atoms with van der Waals surface area (Å²) in [5.41, 5.74) is 0. The van der Waals surface area contributed by atoms with Gasteiger partial charge in [-0.05, 0) is 32.2 Å². The molecule has 2 heterocycles. The van der Waals surface area contributed by atoms with Crippen LogP contribution in [0, 0.1) is 5.92 Å². The fourth-order valence-corrected chi connectivity index (χ4v) is 4.18.